The molecule has 232 valence electrons. The third-order valence-corrected chi connectivity index (χ3v) is 10.3. The van der Waals surface area contributed by atoms with Crippen molar-refractivity contribution >= 4 is 52.3 Å². The number of benzene rings is 6. The van der Waals surface area contributed by atoms with Crippen LogP contribution in [0.3, 0.4) is 0 Å². The van der Waals surface area contributed by atoms with E-state index in [4.69, 9.17) is 12.6 Å². The maximum absolute atomic E-state index is 4.83. The molecule has 1 aliphatic heterocycles. The fourth-order valence-corrected chi connectivity index (χ4v) is 7.94. The molecule has 0 saturated heterocycles. The van der Waals surface area contributed by atoms with Gasteiger partial charge in [0.25, 0.3) is 0 Å². The standard InChI is InChI=1S/C44H35N3S/c48-44-17-9-8-16-42(44)46(34-11-2-1-3-12-34)35-22-24-36(25-23-35)47-41-15-7-6-14-39(41)32-20-27-40(43(47)29-32)45-33-21-26-38-31(28-33)19-18-30-10-4-5-13-37(30)38/h1-17,20-28,43,45,48H,18-19,29H2. The van der Waals surface area contributed by atoms with Gasteiger partial charge in [-0.2, -0.15) is 0 Å². The molecule has 2 aliphatic carbocycles. The van der Waals surface area contributed by atoms with E-state index in [9.17, 15) is 0 Å². The minimum absolute atomic E-state index is 0.144. The zero-order valence-electron chi connectivity index (χ0n) is 26.6. The number of fused-ring (bicyclic) bond motifs is 7. The quantitative estimate of drug-likeness (QED) is 0.177. The highest BCUT2D eigenvalue weighted by atomic mass is 32.1. The van der Waals surface area contributed by atoms with Crippen LogP contribution in [-0.4, -0.2) is 6.04 Å². The molecule has 1 unspecified atom stereocenters. The summed E-state index contributed by atoms with van der Waals surface area (Å²) in [4.78, 5) is 5.73. The van der Waals surface area contributed by atoms with Gasteiger partial charge in [-0.3, -0.25) is 0 Å². The monoisotopic (exact) mass is 637 g/mol. The molecule has 3 aliphatic rings. The predicted octanol–water partition coefficient (Wildman–Crippen LogP) is 11.5. The third kappa shape index (κ3) is 5.01. The van der Waals surface area contributed by atoms with Crippen molar-refractivity contribution in [2.75, 3.05) is 15.1 Å². The van der Waals surface area contributed by atoms with Crippen LogP contribution in [0.4, 0.5) is 34.1 Å². The lowest BCUT2D eigenvalue weighted by Gasteiger charge is -2.43. The second-order valence-corrected chi connectivity index (χ2v) is 13.2. The number of para-hydroxylation sites is 3. The number of hydrogen-bond acceptors (Lipinski definition) is 4. The third-order valence-electron chi connectivity index (χ3n) is 9.95. The minimum atomic E-state index is 0.144. The summed E-state index contributed by atoms with van der Waals surface area (Å²) < 4.78 is 0. The molecular weight excluding hydrogens is 603 g/mol. The average Bonchev–Trinajstić information content (AvgIpc) is 3.14. The van der Waals surface area contributed by atoms with Gasteiger partial charge >= 0.3 is 0 Å². The molecule has 0 amide bonds. The van der Waals surface area contributed by atoms with E-state index in [0.29, 0.717) is 0 Å². The second kappa shape index (κ2) is 12.0. The van der Waals surface area contributed by atoms with Crippen molar-refractivity contribution in [1.82, 2.24) is 0 Å². The predicted molar refractivity (Wildman–Crippen MR) is 204 cm³/mol. The average molecular weight is 638 g/mol. The highest BCUT2D eigenvalue weighted by molar-refractivity contribution is 7.80. The number of hydrogen-bond donors (Lipinski definition) is 2. The first kappa shape index (κ1) is 28.7. The molecule has 3 nitrogen and oxygen atoms in total. The number of anilines is 6. The van der Waals surface area contributed by atoms with E-state index < -0.39 is 0 Å². The van der Waals surface area contributed by atoms with Crippen LogP contribution in [0, 0.1) is 0 Å². The highest BCUT2D eigenvalue weighted by Crippen LogP contribution is 2.47. The molecule has 0 spiro atoms. The Kier molecular flexibility index (Phi) is 7.17. The van der Waals surface area contributed by atoms with E-state index in [1.807, 2.05) is 12.1 Å². The summed E-state index contributed by atoms with van der Waals surface area (Å²) in [5, 5.41) is 3.88. The summed E-state index contributed by atoms with van der Waals surface area (Å²) in [6.07, 6.45) is 7.69. The van der Waals surface area contributed by atoms with Gasteiger partial charge in [-0.25, -0.2) is 0 Å². The number of nitrogens with one attached hydrogen (secondary N) is 1. The van der Waals surface area contributed by atoms with Crippen LogP contribution in [0.2, 0.25) is 0 Å². The second-order valence-electron chi connectivity index (χ2n) is 12.8. The van der Waals surface area contributed by atoms with Crippen molar-refractivity contribution in [2.24, 2.45) is 0 Å². The zero-order valence-corrected chi connectivity index (χ0v) is 27.4. The normalized spacial score (nSPS) is 15.8. The molecule has 0 aromatic heterocycles. The van der Waals surface area contributed by atoms with Crippen molar-refractivity contribution < 1.29 is 0 Å². The summed E-state index contributed by atoms with van der Waals surface area (Å²) in [7, 11) is 0. The van der Waals surface area contributed by atoms with Gasteiger partial charge in [-0.15, -0.1) is 12.6 Å². The smallest absolute Gasteiger partial charge is 0.0781 e. The first-order valence-electron chi connectivity index (χ1n) is 16.7. The molecule has 0 saturated carbocycles. The molecular formula is C44H35N3S. The zero-order chi connectivity index (χ0) is 32.0. The number of aryl methyl sites for hydroxylation is 2. The summed E-state index contributed by atoms with van der Waals surface area (Å²) in [5.74, 6) is 0. The van der Waals surface area contributed by atoms with Crippen molar-refractivity contribution in [3.8, 4) is 11.1 Å². The van der Waals surface area contributed by atoms with Crippen molar-refractivity contribution in [1.29, 1.82) is 0 Å². The maximum Gasteiger partial charge on any atom is 0.0781 e. The Morgan fingerprint density at radius 3 is 2.15 bits per heavy atom. The Morgan fingerprint density at radius 1 is 0.604 bits per heavy atom. The first-order chi connectivity index (χ1) is 23.7. The molecule has 1 N–H and O–H groups in total. The lowest BCUT2D eigenvalue weighted by atomic mass is 9.84. The van der Waals surface area contributed by atoms with Crippen LogP contribution in [0.25, 0.3) is 16.7 Å². The number of allylic oxidation sites excluding steroid dienone is 2. The number of nitrogens with zero attached hydrogens (tertiary/aromatic N) is 2. The SMILES string of the molecule is Sc1ccccc1N(c1ccccc1)c1ccc(N2c3ccccc3C3=CC=C(Nc4ccc5c(c4)CCc4ccccc4-5)C2C3)cc1. The summed E-state index contributed by atoms with van der Waals surface area (Å²) >= 11 is 4.83. The van der Waals surface area contributed by atoms with Crippen molar-refractivity contribution in [3.05, 3.63) is 180 Å². The molecule has 9 rings (SSSR count). The first-order valence-corrected chi connectivity index (χ1v) is 17.2. The van der Waals surface area contributed by atoms with E-state index in [-0.39, 0.29) is 6.04 Å². The Bertz CT molecular complexity index is 2220. The van der Waals surface area contributed by atoms with Crippen molar-refractivity contribution in [3.63, 3.8) is 0 Å². The molecule has 2 bridgehead atoms. The highest BCUT2D eigenvalue weighted by Gasteiger charge is 2.34. The van der Waals surface area contributed by atoms with Gasteiger partial charge in [0, 0.05) is 44.6 Å². The Balaban J connectivity index is 1.07. The molecule has 0 radical (unpaired) electrons. The van der Waals surface area contributed by atoms with Gasteiger partial charge in [0.05, 0.1) is 11.7 Å². The maximum atomic E-state index is 4.83. The van der Waals surface area contributed by atoms with Gasteiger partial charge in [-0.05, 0) is 120 Å². The minimum Gasteiger partial charge on any atom is -0.357 e. The number of thiol groups is 1. The van der Waals surface area contributed by atoms with Gasteiger partial charge in [0.1, 0.15) is 0 Å². The van der Waals surface area contributed by atoms with Crippen LogP contribution >= 0.6 is 12.6 Å². The summed E-state index contributed by atoms with van der Waals surface area (Å²) in [6.45, 7) is 0. The van der Waals surface area contributed by atoms with E-state index in [1.165, 1.54) is 50.5 Å². The summed E-state index contributed by atoms with van der Waals surface area (Å²) in [5.41, 5.74) is 16.3. The molecule has 1 heterocycles. The van der Waals surface area contributed by atoms with Gasteiger partial charge in [-0.1, -0.05) is 84.9 Å². The molecule has 1 atom stereocenters. The molecule has 6 aromatic rings. The largest absolute Gasteiger partial charge is 0.357 e. The lowest BCUT2D eigenvalue weighted by molar-refractivity contribution is 0.737. The van der Waals surface area contributed by atoms with E-state index in [1.54, 1.807) is 0 Å². The molecule has 48 heavy (non-hydrogen) atoms. The molecule has 4 heteroatoms. The van der Waals surface area contributed by atoms with E-state index in [2.05, 4.69) is 161 Å². The van der Waals surface area contributed by atoms with Crippen LogP contribution < -0.4 is 15.1 Å². The van der Waals surface area contributed by atoms with Gasteiger partial charge < -0.3 is 15.1 Å². The van der Waals surface area contributed by atoms with Crippen LogP contribution in [0.1, 0.15) is 23.1 Å². The van der Waals surface area contributed by atoms with Gasteiger partial charge in [0.15, 0.2) is 0 Å². The summed E-state index contributed by atoms with van der Waals surface area (Å²) in [6, 6.07) is 52.5. The Labute approximate surface area is 287 Å². The molecule has 6 aromatic carbocycles. The lowest BCUT2D eigenvalue weighted by Crippen LogP contribution is -2.40. The topological polar surface area (TPSA) is 18.5 Å². The van der Waals surface area contributed by atoms with Crippen LogP contribution in [0.15, 0.2) is 168 Å². The fraction of sp³-hybridized carbons (Fsp3) is 0.0909. The fourth-order valence-electron chi connectivity index (χ4n) is 7.68. The van der Waals surface area contributed by atoms with E-state index >= 15 is 0 Å². The Hall–Kier alpha value is -5.45. The van der Waals surface area contributed by atoms with Crippen LogP contribution in [0.5, 0.6) is 0 Å². The Morgan fingerprint density at radius 2 is 1.29 bits per heavy atom. The number of rotatable bonds is 6. The molecule has 0 fully saturated rings. The van der Waals surface area contributed by atoms with E-state index in [0.717, 1.165) is 46.9 Å². The van der Waals surface area contributed by atoms with Crippen LogP contribution in [-0.2, 0) is 12.8 Å². The van der Waals surface area contributed by atoms with Gasteiger partial charge in [0.2, 0.25) is 0 Å². The van der Waals surface area contributed by atoms with Crippen molar-refractivity contribution in [2.45, 2.75) is 30.2 Å².